The zero-order valence-electron chi connectivity index (χ0n) is 14.9. The number of anilines is 1. The molecule has 2 atom stereocenters. The molecule has 0 bridgehead atoms. The summed E-state index contributed by atoms with van der Waals surface area (Å²) in [7, 11) is 1.48. The molecule has 0 aromatic heterocycles. The van der Waals surface area contributed by atoms with Crippen LogP contribution in [0.15, 0.2) is 66.4 Å². The van der Waals surface area contributed by atoms with Crippen molar-refractivity contribution in [3.05, 3.63) is 77.6 Å². The minimum absolute atomic E-state index is 0.169. The number of hydrogen-bond acceptors (Lipinski definition) is 3. The molecule has 2 aliphatic rings. The van der Waals surface area contributed by atoms with Gasteiger partial charge < -0.3 is 9.64 Å². The van der Waals surface area contributed by atoms with Gasteiger partial charge in [-0.1, -0.05) is 42.3 Å². The van der Waals surface area contributed by atoms with E-state index in [2.05, 4.69) is 11.8 Å². The van der Waals surface area contributed by atoms with E-state index in [9.17, 15) is 18.4 Å². The third-order valence-electron chi connectivity index (χ3n) is 5.26. The number of carbonyl (C=O) groups is 2. The van der Waals surface area contributed by atoms with Gasteiger partial charge in [-0.15, -0.1) is 0 Å². The molecule has 1 amide bonds. The van der Waals surface area contributed by atoms with Crippen molar-refractivity contribution < 1.29 is 23.1 Å². The molecule has 0 saturated heterocycles. The van der Waals surface area contributed by atoms with Gasteiger partial charge in [-0.25, -0.2) is 8.78 Å². The second kappa shape index (κ2) is 6.31. The van der Waals surface area contributed by atoms with Crippen LogP contribution in [0.5, 0.6) is 0 Å². The monoisotopic (exact) mass is 379 g/mol. The number of likely N-dealkylation sites (N-methyl/N-ethyl adjacent to an activating group) is 1. The van der Waals surface area contributed by atoms with Crippen LogP contribution in [-0.2, 0) is 19.7 Å². The largest absolute Gasteiger partial charge is 0.474 e. The van der Waals surface area contributed by atoms with E-state index < -0.39 is 23.3 Å². The summed E-state index contributed by atoms with van der Waals surface area (Å²) >= 11 is 0. The first-order valence-corrected chi connectivity index (χ1v) is 8.56. The highest BCUT2D eigenvalue weighted by Crippen LogP contribution is 2.57. The molecule has 4 nitrogen and oxygen atoms in total. The fraction of sp³-hybridized carbons (Fsp3) is 0.182. The Morgan fingerprint density at radius 1 is 1.11 bits per heavy atom. The van der Waals surface area contributed by atoms with Gasteiger partial charge in [0.1, 0.15) is 0 Å². The smallest absolute Gasteiger partial charge is 0.290 e. The van der Waals surface area contributed by atoms with Crippen molar-refractivity contribution in [3.8, 4) is 11.8 Å². The van der Waals surface area contributed by atoms with Crippen LogP contribution in [0, 0.1) is 11.8 Å². The number of para-hydroxylation sites is 1. The highest BCUT2D eigenvalue weighted by molar-refractivity contribution is 6.15. The van der Waals surface area contributed by atoms with Crippen LogP contribution in [0.3, 0.4) is 0 Å². The molecule has 6 heteroatoms. The molecule has 0 saturated carbocycles. The molecule has 2 aromatic rings. The van der Waals surface area contributed by atoms with E-state index in [0.717, 1.165) is 6.26 Å². The summed E-state index contributed by atoms with van der Waals surface area (Å²) in [5.41, 5.74) is -3.50. The Morgan fingerprint density at radius 2 is 1.79 bits per heavy atom. The minimum atomic E-state index is -3.15. The molecule has 2 heterocycles. The number of aldehydes is 1. The van der Waals surface area contributed by atoms with Crippen molar-refractivity contribution >= 4 is 17.9 Å². The van der Waals surface area contributed by atoms with E-state index in [4.69, 9.17) is 4.74 Å². The van der Waals surface area contributed by atoms with Gasteiger partial charge in [0.15, 0.2) is 11.7 Å². The van der Waals surface area contributed by atoms with Gasteiger partial charge in [-0.2, -0.15) is 0 Å². The average Bonchev–Trinajstić information content (AvgIpc) is 3.18. The van der Waals surface area contributed by atoms with Crippen molar-refractivity contribution in [2.24, 2.45) is 0 Å². The predicted molar refractivity (Wildman–Crippen MR) is 98.8 cm³/mol. The van der Waals surface area contributed by atoms with Crippen LogP contribution in [0.2, 0.25) is 0 Å². The first-order valence-electron chi connectivity index (χ1n) is 8.56. The normalized spacial score (nSPS) is 25.2. The van der Waals surface area contributed by atoms with E-state index in [1.54, 1.807) is 54.6 Å². The average molecular weight is 379 g/mol. The topological polar surface area (TPSA) is 46.6 Å². The summed E-state index contributed by atoms with van der Waals surface area (Å²) in [4.78, 5) is 26.4. The fourth-order valence-electron chi connectivity index (χ4n) is 3.94. The first-order chi connectivity index (χ1) is 13.5. The second-order valence-electron chi connectivity index (χ2n) is 6.59. The van der Waals surface area contributed by atoms with Crippen molar-refractivity contribution in [3.63, 3.8) is 0 Å². The lowest BCUT2D eigenvalue weighted by Crippen LogP contribution is -2.59. The van der Waals surface area contributed by atoms with Crippen molar-refractivity contribution in [2.75, 3.05) is 11.9 Å². The number of rotatable bonds is 2. The van der Waals surface area contributed by atoms with Crippen LogP contribution in [0.4, 0.5) is 14.5 Å². The van der Waals surface area contributed by atoms with Crippen LogP contribution in [-0.4, -0.2) is 31.3 Å². The number of amides is 1. The molecule has 1 spiro atoms. The Labute approximate surface area is 160 Å². The number of fused-ring (bicyclic) bond motifs is 2. The van der Waals surface area contributed by atoms with Gasteiger partial charge in [-0.05, 0) is 24.1 Å². The van der Waals surface area contributed by atoms with Crippen LogP contribution in [0.1, 0.15) is 11.1 Å². The first kappa shape index (κ1) is 17.9. The quantitative estimate of drug-likeness (QED) is 0.595. The second-order valence-corrected chi connectivity index (χ2v) is 6.59. The third-order valence-corrected chi connectivity index (χ3v) is 5.26. The number of hydrogen-bond donors (Lipinski definition) is 0. The number of nitrogens with zero attached hydrogens (tertiary/aromatic N) is 1. The van der Waals surface area contributed by atoms with Crippen LogP contribution in [0.25, 0.3) is 0 Å². The molecule has 0 unspecified atom stereocenters. The minimum Gasteiger partial charge on any atom is -0.474 e. The maximum atomic E-state index is 14.6. The van der Waals surface area contributed by atoms with E-state index >= 15 is 0 Å². The van der Waals surface area contributed by atoms with E-state index in [1.807, 2.05) is 0 Å². The lowest BCUT2D eigenvalue weighted by Gasteiger charge is -2.37. The Balaban J connectivity index is 2.02. The third kappa shape index (κ3) is 2.10. The van der Waals surface area contributed by atoms with Gasteiger partial charge >= 0.3 is 0 Å². The molecular weight excluding hydrogens is 364 g/mol. The zero-order chi connectivity index (χ0) is 19.9. The summed E-state index contributed by atoms with van der Waals surface area (Å²) < 4.78 is 34.5. The molecular formula is C22H15F2NO3. The molecule has 2 aromatic carbocycles. The van der Waals surface area contributed by atoms with E-state index in [1.165, 1.54) is 11.9 Å². The summed E-state index contributed by atoms with van der Waals surface area (Å²) in [6, 6.07) is 15.1. The summed E-state index contributed by atoms with van der Waals surface area (Å²) in [5.74, 6) is 4.54. The number of carbonyl (C=O) groups excluding carboxylic acids is 2. The van der Waals surface area contributed by atoms with Gasteiger partial charge in [-0.3, -0.25) is 9.59 Å². The Hall–Kier alpha value is -3.46. The Bertz CT molecular complexity index is 1050. The molecule has 28 heavy (non-hydrogen) atoms. The van der Waals surface area contributed by atoms with E-state index in [0.29, 0.717) is 17.5 Å². The Kier molecular flexibility index (Phi) is 4.04. The lowest BCUT2D eigenvalue weighted by molar-refractivity contribution is -0.136. The molecule has 0 N–H and O–H groups in total. The molecule has 0 aliphatic carbocycles. The van der Waals surface area contributed by atoms with Gasteiger partial charge in [0.25, 0.3) is 12.0 Å². The Morgan fingerprint density at radius 3 is 2.46 bits per heavy atom. The van der Waals surface area contributed by atoms with Gasteiger partial charge in [0.2, 0.25) is 5.91 Å². The van der Waals surface area contributed by atoms with E-state index in [-0.39, 0.29) is 11.1 Å². The maximum absolute atomic E-state index is 14.6. The summed E-state index contributed by atoms with van der Waals surface area (Å²) in [6.45, 7) is 0. The number of alkyl halides is 2. The standard InChI is InChI=1S/C22H15F2NO3/c1-25-18-10-6-5-9-17(18)22(20(25)27)16(13-26)14-28-21(22,19(23)24)12-11-15-7-3-2-4-8-15/h2-10,13-14,19H,1H3/t21-,22+/m1/s1. The number of halogens is 2. The highest BCUT2D eigenvalue weighted by Gasteiger charge is 2.72. The summed E-state index contributed by atoms with van der Waals surface area (Å²) in [5, 5.41) is 0. The highest BCUT2D eigenvalue weighted by atomic mass is 19.3. The van der Waals surface area contributed by atoms with Crippen molar-refractivity contribution in [1.29, 1.82) is 0 Å². The molecule has 4 rings (SSSR count). The van der Waals surface area contributed by atoms with Crippen molar-refractivity contribution in [1.82, 2.24) is 0 Å². The van der Waals surface area contributed by atoms with Gasteiger partial charge in [0, 0.05) is 23.9 Å². The zero-order valence-corrected chi connectivity index (χ0v) is 14.9. The maximum Gasteiger partial charge on any atom is 0.290 e. The molecule has 0 radical (unpaired) electrons. The van der Waals surface area contributed by atoms with Crippen LogP contribution >= 0.6 is 0 Å². The molecule has 2 aliphatic heterocycles. The number of ether oxygens (including phenoxy) is 1. The predicted octanol–water partition coefficient (Wildman–Crippen LogP) is 3.07. The SMILES string of the molecule is CN1C(=O)[C@]2(C(C=O)=CO[C@]2(C#Cc2ccccc2)C(F)F)c2ccccc21. The number of benzene rings is 2. The summed E-state index contributed by atoms with van der Waals surface area (Å²) in [6.07, 6.45) is -1.82. The fourth-order valence-corrected chi connectivity index (χ4v) is 3.94. The van der Waals surface area contributed by atoms with Gasteiger partial charge in [0.05, 0.1) is 11.8 Å². The molecule has 0 fully saturated rings. The van der Waals surface area contributed by atoms with Crippen molar-refractivity contribution in [2.45, 2.75) is 17.4 Å². The lowest BCUT2D eigenvalue weighted by atomic mass is 9.65. The van der Waals surface area contributed by atoms with Crippen LogP contribution < -0.4 is 4.90 Å². The molecule has 140 valence electrons.